The van der Waals surface area contributed by atoms with Crippen molar-refractivity contribution in [2.45, 2.75) is 25.7 Å². The van der Waals surface area contributed by atoms with Gasteiger partial charge < -0.3 is 10.3 Å². The van der Waals surface area contributed by atoms with Gasteiger partial charge in [0.15, 0.2) is 5.82 Å². The number of anilines is 1. The number of benzene rings is 1. The van der Waals surface area contributed by atoms with Crippen molar-refractivity contribution in [3.8, 4) is 0 Å². The molecule has 0 saturated heterocycles. The minimum atomic E-state index is 0.357. The molecule has 1 atom stereocenters. The van der Waals surface area contributed by atoms with Crippen molar-refractivity contribution in [1.82, 2.24) is 5.16 Å². The van der Waals surface area contributed by atoms with E-state index in [9.17, 15) is 0 Å². The third kappa shape index (κ3) is 1.18. The van der Waals surface area contributed by atoms with Gasteiger partial charge in [-0.05, 0) is 24.0 Å². The van der Waals surface area contributed by atoms with Crippen LogP contribution in [0.25, 0.3) is 0 Å². The summed E-state index contributed by atoms with van der Waals surface area (Å²) in [7, 11) is 0. The molecule has 2 aromatic rings. The zero-order valence-corrected chi connectivity index (χ0v) is 9.23. The first-order chi connectivity index (χ1) is 7.81. The number of hydrogen-bond acceptors (Lipinski definition) is 3. The van der Waals surface area contributed by atoms with Crippen LogP contribution in [0.2, 0.25) is 0 Å². The zero-order chi connectivity index (χ0) is 11.1. The zero-order valence-electron chi connectivity index (χ0n) is 9.23. The number of hydrogen-bond donors (Lipinski definition) is 1. The summed E-state index contributed by atoms with van der Waals surface area (Å²) in [5.74, 6) is 1.86. The molecule has 82 valence electrons. The normalized spacial score (nSPS) is 17.9. The van der Waals surface area contributed by atoms with Gasteiger partial charge in [-0.1, -0.05) is 36.3 Å². The minimum Gasteiger partial charge on any atom is -0.381 e. The van der Waals surface area contributed by atoms with E-state index in [1.807, 2.05) is 0 Å². The van der Waals surface area contributed by atoms with E-state index in [2.05, 4.69) is 36.3 Å². The second-order valence-corrected chi connectivity index (χ2v) is 4.22. The van der Waals surface area contributed by atoms with Gasteiger partial charge in [0.25, 0.3) is 0 Å². The molecule has 1 aromatic carbocycles. The lowest BCUT2D eigenvalue weighted by atomic mass is 9.75. The highest BCUT2D eigenvalue weighted by Crippen LogP contribution is 2.42. The average Bonchev–Trinajstić information content (AvgIpc) is 2.62. The minimum absolute atomic E-state index is 0.357. The molecule has 1 heterocycles. The van der Waals surface area contributed by atoms with E-state index in [0.29, 0.717) is 11.7 Å². The van der Waals surface area contributed by atoms with Crippen molar-refractivity contribution in [3.05, 3.63) is 46.7 Å². The van der Waals surface area contributed by atoms with Crippen LogP contribution in [-0.4, -0.2) is 5.16 Å². The van der Waals surface area contributed by atoms with Crippen molar-refractivity contribution in [1.29, 1.82) is 0 Å². The SMILES string of the molecule is CCc1c(N)noc1C1Cc2ccccc21. The largest absolute Gasteiger partial charge is 0.381 e. The molecule has 1 aliphatic carbocycles. The number of nitrogen functional groups attached to an aromatic ring is 1. The molecule has 0 radical (unpaired) electrons. The van der Waals surface area contributed by atoms with E-state index in [1.54, 1.807) is 0 Å². The molecule has 0 aliphatic heterocycles. The Morgan fingerprint density at radius 3 is 3.00 bits per heavy atom. The molecule has 0 saturated carbocycles. The van der Waals surface area contributed by atoms with Gasteiger partial charge in [-0.3, -0.25) is 0 Å². The first-order valence-electron chi connectivity index (χ1n) is 5.63. The maximum absolute atomic E-state index is 5.78. The Bertz CT molecular complexity index is 530. The van der Waals surface area contributed by atoms with Crippen LogP contribution >= 0.6 is 0 Å². The fourth-order valence-corrected chi connectivity index (χ4v) is 2.46. The van der Waals surface area contributed by atoms with Crippen LogP contribution in [-0.2, 0) is 12.8 Å². The Hall–Kier alpha value is -1.77. The summed E-state index contributed by atoms with van der Waals surface area (Å²) < 4.78 is 5.37. The number of nitrogens with two attached hydrogens (primary N) is 1. The van der Waals surface area contributed by atoms with Crippen LogP contribution in [0.4, 0.5) is 5.82 Å². The molecule has 3 nitrogen and oxygen atoms in total. The Labute approximate surface area is 94.2 Å². The molecule has 0 fully saturated rings. The summed E-state index contributed by atoms with van der Waals surface area (Å²) in [5.41, 5.74) is 9.61. The number of fused-ring (bicyclic) bond motifs is 1. The number of aromatic nitrogens is 1. The summed E-state index contributed by atoms with van der Waals surface area (Å²) in [6.45, 7) is 2.08. The Balaban J connectivity index is 2.02. The molecule has 16 heavy (non-hydrogen) atoms. The lowest BCUT2D eigenvalue weighted by molar-refractivity contribution is 0.362. The van der Waals surface area contributed by atoms with Gasteiger partial charge in [-0.2, -0.15) is 0 Å². The molecule has 3 heteroatoms. The van der Waals surface area contributed by atoms with Crippen LogP contribution in [0.3, 0.4) is 0 Å². The van der Waals surface area contributed by atoms with Gasteiger partial charge in [0.1, 0.15) is 5.76 Å². The van der Waals surface area contributed by atoms with Crippen LogP contribution in [0.1, 0.15) is 35.3 Å². The molecule has 0 spiro atoms. The van der Waals surface area contributed by atoms with Gasteiger partial charge in [0.2, 0.25) is 0 Å². The topological polar surface area (TPSA) is 52.0 Å². The quantitative estimate of drug-likeness (QED) is 0.835. The van der Waals surface area contributed by atoms with Gasteiger partial charge in [-0.25, -0.2) is 0 Å². The molecular weight excluding hydrogens is 200 g/mol. The Kier molecular flexibility index (Phi) is 1.99. The highest BCUT2D eigenvalue weighted by molar-refractivity contribution is 5.50. The predicted octanol–water partition coefficient (Wildman–Crippen LogP) is 2.51. The predicted molar refractivity (Wildman–Crippen MR) is 62.3 cm³/mol. The van der Waals surface area contributed by atoms with Crippen molar-refractivity contribution < 1.29 is 4.52 Å². The molecule has 2 N–H and O–H groups in total. The van der Waals surface area contributed by atoms with E-state index in [-0.39, 0.29) is 0 Å². The molecule has 0 bridgehead atoms. The summed E-state index contributed by atoms with van der Waals surface area (Å²) in [5, 5.41) is 3.87. The van der Waals surface area contributed by atoms with Gasteiger partial charge in [0.05, 0.1) is 0 Å². The lowest BCUT2D eigenvalue weighted by Gasteiger charge is -2.28. The summed E-state index contributed by atoms with van der Waals surface area (Å²) in [4.78, 5) is 0. The van der Waals surface area contributed by atoms with Gasteiger partial charge >= 0.3 is 0 Å². The van der Waals surface area contributed by atoms with Crippen molar-refractivity contribution in [2.24, 2.45) is 0 Å². The van der Waals surface area contributed by atoms with Crippen LogP contribution in [0.5, 0.6) is 0 Å². The van der Waals surface area contributed by atoms with Crippen LogP contribution in [0.15, 0.2) is 28.8 Å². The van der Waals surface area contributed by atoms with Crippen LogP contribution < -0.4 is 5.73 Å². The number of rotatable bonds is 2. The standard InChI is InChI=1S/C13H14N2O/c1-2-9-12(16-15-13(9)14)11-7-8-5-3-4-6-10(8)11/h3-6,11H,2,7H2,1H3,(H2,14,15). The molecule has 1 unspecified atom stereocenters. The number of nitrogens with zero attached hydrogens (tertiary/aromatic N) is 1. The highest BCUT2D eigenvalue weighted by atomic mass is 16.5. The molecular formula is C13H14N2O. The smallest absolute Gasteiger partial charge is 0.170 e. The monoisotopic (exact) mass is 214 g/mol. The van der Waals surface area contributed by atoms with Crippen molar-refractivity contribution in [2.75, 3.05) is 5.73 Å². The Morgan fingerprint density at radius 2 is 2.25 bits per heavy atom. The van der Waals surface area contributed by atoms with Crippen molar-refractivity contribution in [3.63, 3.8) is 0 Å². The van der Waals surface area contributed by atoms with E-state index in [4.69, 9.17) is 10.3 Å². The first-order valence-corrected chi connectivity index (χ1v) is 5.63. The molecule has 1 aromatic heterocycles. The molecule has 3 rings (SSSR count). The third-order valence-electron chi connectivity index (χ3n) is 3.37. The average molecular weight is 214 g/mol. The Morgan fingerprint density at radius 1 is 1.44 bits per heavy atom. The van der Waals surface area contributed by atoms with E-state index >= 15 is 0 Å². The van der Waals surface area contributed by atoms with Gasteiger partial charge in [-0.15, -0.1) is 0 Å². The van der Waals surface area contributed by atoms with Crippen LogP contribution in [0, 0.1) is 0 Å². The second kappa shape index (κ2) is 3.37. The summed E-state index contributed by atoms with van der Waals surface area (Å²) in [6.07, 6.45) is 1.92. The van der Waals surface area contributed by atoms with E-state index in [1.165, 1.54) is 11.1 Å². The fraction of sp³-hybridized carbons (Fsp3) is 0.308. The van der Waals surface area contributed by atoms with Crippen molar-refractivity contribution >= 4 is 5.82 Å². The van der Waals surface area contributed by atoms with E-state index in [0.717, 1.165) is 24.2 Å². The summed E-state index contributed by atoms with van der Waals surface area (Å²) >= 11 is 0. The summed E-state index contributed by atoms with van der Waals surface area (Å²) in [6, 6.07) is 8.46. The molecule has 1 aliphatic rings. The highest BCUT2D eigenvalue weighted by Gasteiger charge is 2.32. The van der Waals surface area contributed by atoms with E-state index < -0.39 is 0 Å². The first kappa shape index (κ1) is 9.46. The van der Waals surface area contributed by atoms with Gasteiger partial charge in [0, 0.05) is 11.5 Å². The fourth-order valence-electron chi connectivity index (χ4n) is 2.46. The maximum Gasteiger partial charge on any atom is 0.170 e. The third-order valence-corrected chi connectivity index (χ3v) is 3.37. The molecule has 0 amide bonds. The lowest BCUT2D eigenvalue weighted by Crippen LogP contribution is -2.18. The maximum atomic E-state index is 5.78. The second-order valence-electron chi connectivity index (χ2n) is 4.22.